The first-order valence-electron chi connectivity index (χ1n) is 8.26. The van der Waals surface area contributed by atoms with E-state index >= 15 is 0 Å². The molecule has 1 amide bonds. The van der Waals surface area contributed by atoms with E-state index in [9.17, 15) is 4.79 Å². The number of nitrogens with one attached hydrogen (secondary N) is 1. The van der Waals surface area contributed by atoms with Gasteiger partial charge >= 0.3 is 0 Å². The van der Waals surface area contributed by atoms with Crippen molar-refractivity contribution in [1.82, 2.24) is 10.2 Å². The normalized spacial score (nSPS) is 34.7. The average Bonchev–Trinajstić information content (AvgIpc) is 3.07. The second-order valence-corrected chi connectivity index (χ2v) is 6.49. The Kier molecular flexibility index (Phi) is 5.63. The Morgan fingerprint density at radius 3 is 2.81 bits per heavy atom. The smallest absolute Gasteiger partial charge is 0.241 e. The molecule has 2 heterocycles. The fourth-order valence-corrected chi connectivity index (χ4v) is 3.29. The van der Waals surface area contributed by atoms with E-state index < -0.39 is 0 Å². The largest absolute Gasteiger partial charge is 0.378 e. The fraction of sp³-hybridized carbons (Fsp3) is 0.938. The predicted molar refractivity (Wildman–Crippen MR) is 82.0 cm³/mol. The Morgan fingerprint density at radius 1 is 1.52 bits per heavy atom. The lowest BCUT2D eigenvalue weighted by Gasteiger charge is -2.34. The van der Waals surface area contributed by atoms with E-state index in [1.54, 1.807) is 7.11 Å². The third-order valence-corrected chi connectivity index (χ3v) is 5.03. The van der Waals surface area contributed by atoms with Crippen molar-refractivity contribution in [3.63, 3.8) is 0 Å². The zero-order valence-electron chi connectivity index (χ0n) is 13.9. The van der Waals surface area contributed by atoms with Gasteiger partial charge in [0.05, 0.1) is 25.4 Å². The third kappa shape index (κ3) is 3.41. The number of carbonyl (C=O) groups excluding carboxylic acids is 1. The van der Waals surface area contributed by atoms with Crippen molar-refractivity contribution in [2.24, 2.45) is 5.92 Å². The highest BCUT2D eigenvalue weighted by Crippen LogP contribution is 2.29. The van der Waals surface area contributed by atoms with E-state index in [1.807, 2.05) is 4.90 Å². The molecule has 4 unspecified atom stereocenters. The monoisotopic (exact) mass is 298 g/mol. The highest BCUT2D eigenvalue weighted by atomic mass is 16.5. The van der Waals surface area contributed by atoms with Crippen molar-refractivity contribution >= 4 is 5.91 Å². The summed E-state index contributed by atoms with van der Waals surface area (Å²) in [6, 6.07) is -0.0530. The summed E-state index contributed by atoms with van der Waals surface area (Å²) < 4.78 is 11.2. The van der Waals surface area contributed by atoms with Gasteiger partial charge in [-0.25, -0.2) is 0 Å². The molecular weight excluding hydrogens is 268 g/mol. The topological polar surface area (TPSA) is 50.8 Å². The number of ether oxygens (including phenoxy) is 2. The number of nitrogens with zero attached hydrogens (tertiary/aromatic N) is 1. The van der Waals surface area contributed by atoms with E-state index in [0.29, 0.717) is 19.1 Å². The molecule has 0 aromatic rings. The quantitative estimate of drug-likeness (QED) is 0.778. The van der Waals surface area contributed by atoms with Crippen LogP contribution in [0.5, 0.6) is 0 Å². The Balaban J connectivity index is 2.12. The minimum Gasteiger partial charge on any atom is -0.378 e. The van der Waals surface area contributed by atoms with Gasteiger partial charge in [0.15, 0.2) is 0 Å². The van der Waals surface area contributed by atoms with Crippen LogP contribution >= 0.6 is 0 Å². The highest BCUT2D eigenvalue weighted by molar-refractivity contribution is 5.84. The van der Waals surface area contributed by atoms with Crippen molar-refractivity contribution in [2.75, 3.05) is 26.9 Å². The lowest BCUT2D eigenvalue weighted by Crippen LogP contribution is -2.49. The molecule has 5 heteroatoms. The second-order valence-electron chi connectivity index (χ2n) is 6.49. The molecule has 2 aliphatic rings. The number of carbonyl (C=O) groups is 1. The van der Waals surface area contributed by atoms with Crippen molar-refractivity contribution in [3.8, 4) is 0 Å². The number of hydrogen-bond donors (Lipinski definition) is 1. The van der Waals surface area contributed by atoms with Crippen LogP contribution in [0.25, 0.3) is 0 Å². The maximum absolute atomic E-state index is 12.8. The zero-order valence-corrected chi connectivity index (χ0v) is 13.9. The summed E-state index contributed by atoms with van der Waals surface area (Å²) in [6.45, 7) is 8.38. The van der Waals surface area contributed by atoms with Crippen LogP contribution in [0.3, 0.4) is 0 Å². The molecule has 0 radical (unpaired) electrons. The van der Waals surface area contributed by atoms with Gasteiger partial charge in [0.25, 0.3) is 0 Å². The Hall–Kier alpha value is -0.650. The molecule has 2 rings (SSSR count). The summed E-state index contributed by atoms with van der Waals surface area (Å²) in [5.41, 5.74) is -0.326. The minimum absolute atomic E-state index is 0.0530. The van der Waals surface area contributed by atoms with Gasteiger partial charge in [0.2, 0.25) is 5.91 Å². The number of amides is 1. The maximum Gasteiger partial charge on any atom is 0.241 e. The Labute approximate surface area is 128 Å². The van der Waals surface area contributed by atoms with Gasteiger partial charge in [-0.15, -0.1) is 0 Å². The molecule has 2 aliphatic heterocycles. The molecule has 0 aromatic carbocycles. The lowest BCUT2D eigenvalue weighted by atomic mass is 9.98. The van der Waals surface area contributed by atoms with Gasteiger partial charge in [-0.1, -0.05) is 33.6 Å². The third-order valence-electron chi connectivity index (χ3n) is 5.03. The van der Waals surface area contributed by atoms with E-state index in [2.05, 4.69) is 26.1 Å². The zero-order chi connectivity index (χ0) is 15.5. The first kappa shape index (κ1) is 16.7. The molecule has 4 atom stereocenters. The molecular formula is C16H30N2O3. The Morgan fingerprint density at radius 2 is 2.29 bits per heavy atom. The molecule has 5 nitrogen and oxygen atoms in total. The van der Waals surface area contributed by atoms with Crippen LogP contribution in [0, 0.1) is 5.92 Å². The highest BCUT2D eigenvalue weighted by Gasteiger charge is 2.46. The van der Waals surface area contributed by atoms with Crippen LogP contribution in [-0.4, -0.2) is 55.5 Å². The van der Waals surface area contributed by atoms with E-state index in [4.69, 9.17) is 9.47 Å². The van der Waals surface area contributed by atoms with Gasteiger partial charge < -0.3 is 14.4 Å². The number of rotatable bonds is 7. The summed E-state index contributed by atoms with van der Waals surface area (Å²) >= 11 is 0. The van der Waals surface area contributed by atoms with E-state index in [0.717, 1.165) is 32.3 Å². The van der Waals surface area contributed by atoms with Crippen LogP contribution in [0.4, 0.5) is 0 Å². The van der Waals surface area contributed by atoms with Crippen LogP contribution in [0.15, 0.2) is 0 Å². The molecule has 0 saturated carbocycles. The first-order valence-corrected chi connectivity index (χ1v) is 8.26. The summed E-state index contributed by atoms with van der Waals surface area (Å²) in [4.78, 5) is 14.8. The molecule has 122 valence electrons. The van der Waals surface area contributed by atoms with E-state index in [1.165, 1.54) is 0 Å². The van der Waals surface area contributed by atoms with Crippen molar-refractivity contribution in [2.45, 2.75) is 64.3 Å². The van der Waals surface area contributed by atoms with Gasteiger partial charge in [-0.05, 0) is 12.3 Å². The summed E-state index contributed by atoms with van der Waals surface area (Å²) in [5, 5.41) is 3.54. The fourth-order valence-electron chi connectivity index (χ4n) is 3.29. The molecule has 0 aromatic heterocycles. The standard InChI is InChI=1S/C16H30N2O3/c1-5-7-13-17-14(12(3)6-2)15(19)18(13)10-16(20-4)8-9-21-11-16/h12-14,17H,5-11H2,1-4H3. The lowest BCUT2D eigenvalue weighted by molar-refractivity contribution is -0.135. The van der Waals surface area contributed by atoms with Gasteiger partial charge in [0.1, 0.15) is 5.60 Å². The molecule has 0 bridgehead atoms. The summed E-state index contributed by atoms with van der Waals surface area (Å²) in [5.74, 6) is 0.589. The second kappa shape index (κ2) is 7.07. The molecule has 0 spiro atoms. The van der Waals surface area contributed by atoms with Crippen LogP contribution in [-0.2, 0) is 14.3 Å². The molecule has 2 fully saturated rings. The van der Waals surface area contributed by atoms with Crippen LogP contribution in [0.1, 0.15) is 46.5 Å². The van der Waals surface area contributed by atoms with E-state index in [-0.39, 0.29) is 23.7 Å². The molecule has 0 aliphatic carbocycles. The SMILES string of the molecule is CCCC1NC(C(C)CC)C(=O)N1CC1(OC)CCOC1. The molecule has 21 heavy (non-hydrogen) atoms. The average molecular weight is 298 g/mol. The number of hydrogen-bond acceptors (Lipinski definition) is 4. The predicted octanol–water partition coefficient (Wildman–Crippen LogP) is 1.76. The summed E-state index contributed by atoms with van der Waals surface area (Å²) in [7, 11) is 1.73. The van der Waals surface area contributed by atoms with Gasteiger partial charge in [-0.2, -0.15) is 0 Å². The van der Waals surface area contributed by atoms with Crippen molar-refractivity contribution < 1.29 is 14.3 Å². The van der Waals surface area contributed by atoms with Gasteiger partial charge in [-0.3, -0.25) is 10.1 Å². The minimum atomic E-state index is -0.326. The molecule has 1 N–H and O–H groups in total. The first-order chi connectivity index (χ1) is 10.1. The van der Waals surface area contributed by atoms with Crippen molar-refractivity contribution in [1.29, 1.82) is 0 Å². The van der Waals surface area contributed by atoms with Crippen LogP contribution in [0.2, 0.25) is 0 Å². The Bertz CT molecular complexity index is 355. The number of methoxy groups -OCH3 is 1. The van der Waals surface area contributed by atoms with Gasteiger partial charge in [0, 0.05) is 20.1 Å². The molecule has 2 saturated heterocycles. The maximum atomic E-state index is 12.8. The van der Waals surface area contributed by atoms with Crippen LogP contribution < -0.4 is 5.32 Å². The summed E-state index contributed by atoms with van der Waals surface area (Å²) in [6.07, 6.45) is 4.05. The van der Waals surface area contributed by atoms with Crippen molar-refractivity contribution in [3.05, 3.63) is 0 Å².